The summed E-state index contributed by atoms with van der Waals surface area (Å²) >= 11 is 3.20. The molecule has 1 heterocycles. The first-order chi connectivity index (χ1) is 8.91. The summed E-state index contributed by atoms with van der Waals surface area (Å²) in [6.45, 7) is 0.670. The summed E-state index contributed by atoms with van der Waals surface area (Å²) in [5.74, 6) is -0.282. The zero-order valence-electron chi connectivity index (χ0n) is 10.1. The van der Waals surface area contributed by atoms with Gasteiger partial charge in [-0.05, 0) is 40.5 Å². The van der Waals surface area contributed by atoms with Gasteiger partial charge in [-0.2, -0.15) is 4.31 Å². The predicted octanol–water partition coefficient (Wildman–Crippen LogP) is 0.542. The highest BCUT2D eigenvalue weighted by Crippen LogP contribution is 2.25. The van der Waals surface area contributed by atoms with Crippen LogP contribution in [0.25, 0.3) is 0 Å². The van der Waals surface area contributed by atoms with Crippen molar-refractivity contribution in [1.82, 2.24) is 9.62 Å². The molecule has 0 aromatic heterocycles. The predicted molar refractivity (Wildman–Crippen MR) is 74.9 cm³/mol. The average Bonchev–Trinajstić information content (AvgIpc) is 2.57. The quantitative estimate of drug-likeness (QED) is 0.763. The minimum absolute atomic E-state index is 0.128. The number of nitrogens with two attached hydrogens (primary N) is 1. The number of hydrogen-bond acceptors (Lipinski definition) is 4. The monoisotopic (exact) mass is 347 g/mol. The van der Waals surface area contributed by atoms with Crippen LogP contribution in [0.15, 0.2) is 27.6 Å². The van der Waals surface area contributed by atoms with Gasteiger partial charge in [0.15, 0.2) is 0 Å². The number of hydrogen-bond donors (Lipinski definition) is 2. The Morgan fingerprint density at radius 3 is 2.79 bits per heavy atom. The Bertz CT molecular complexity index is 603. The molecule has 8 heteroatoms. The van der Waals surface area contributed by atoms with E-state index in [1.165, 1.54) is 22.5 Å². The van der Waals surface area contributed by atoms with Gasteiger partial charge >= 0.3 is 0 Å². The third kappa shape index (κ3) is 3.07. The Hall–Kier alpha value is -1.12. The minimum Gasteiger partial charge on any atom is -0.398 e. The molecule has 3 N–H and O–H groups in total. The van der Waals surface area contributed by atoms with Crippen molar-refractivity contribution in [3.63, 3.8) is 0 Å². The number of carbonyl (C=O) groups is 1. The molecule has 1 amide bonds. The van der Waals surface area contributed by atoms with E-state index in [0.29, 0.717) is 29.7 Å². The molecule has 1 saturated heterocycles. The lowest BCUT2D eigenvalue weighted by molar-refractivity contribution is -0.120. The number of anilines is 1. The fourth-order valence-electron chi connectivity index (χ4n) is 1.80. The van der Waals surface area contributed by atoms with E-state index in [2.05, 4.69) is 21.2 Å². The Morgan fingerprint density at radius 2 is 2.11 bits per heavy atom. The summed E-state index contributed by atoms with van der Waals surface area (Å²) in [6, 6.07) is 4.42. The number of halogens is 1. The Balaban J connectivity index is 2.35. The number of amides is 1. The van der Waals surface area contributed by atoms with Crippen molar-refractivity contribution >= 4 is 37.5 Å². The van der Waals surface area contributed by atoms with Crippen molar-refractivity contribution in [2.45, 2.75) is 11.3 Å². The van der Waals surface area contributed by atoms with E-state index in [1.807, 2.05) is 0 Å². The number of carbonyl (C=O) groups excluding carboxylic acids is 1. The van der Waals surface area contributed by atoms with Crippen molar-refractivity contribution in [3.8, 4) is 0 Å². The molecule has 1 aliphatic rings. The van der Waals surface area contributed by atoms with Crippen LogP contribution in [0.1, 0.15) is 6.42 Å². The minimum atomic E-state index is -3.67. The molecular weight excluding hydrogens is 334 g/mol. The van der Waals surface area contributed by atoms with Crippen LogP contribution in [0, 0.1) is 0 Å². The Labute approximate surface area is 120 Å². The van der Waals surface area contributed by atoms with Gasteiger partial charge in [0.1, 0.15) is 0 Å². The van der Waals surface area contributed by atoms with Gasteiger partial charge in [-0.15, -0.1) is 0 Å². The molecule has 0 bridgehead atoms. The standard InChI is InChI=1S/C11H14BrN3O3S/c12-9-6-8(2-3-10(9)13)19(17,18)15-5-1-4-14-11(16)7-15/h2-3,6H,1,4-5,7,13H2,(H,14,16). The molecule has 0 atom stereocenters. The topological polar surface area (TPSA) is 92.5 Å². The first kappa shape index (κ1) is 14.3. The van der Waals surface area contributed by atoms with E-state index in [9.17, 15) is 13.2 Å². The molecule has 2 rings (SSSR count). The molecule has 0 saturated carbocycles. The fraction of sp³-hybridized carbons (Fsp3) is 0.364. The maximum atomic E-state index is 12.4. The molecule has 0 radical (unpaired) electrons. The molecule has 0 unspecified atom stereocenters. The first-order valence-electron chi connectivity index (χ1n) is 5.73. The molecule has 104 valence electrons. The van der Waals surface area contributed by atoms with Crippen LogP contribution >= 0.6 is 15.9 Å². The highest BCUT2D eigenvalue weighted by molar-refractivity contribution is 9.10. The van der Waals surface area contributed by atoms with Crippen molar-refractivity contribution in [3.05, 3.63) is 22.7 Å². The van der Waals surface area contributed by atoms with Crippen LogP contribution in [0.5, 0.6) is 0 Å². The maximum absolute atomic E-state index is 12.4. The summed E-state index contributed by atoms with van der Waals surface area (Å²) in [7, 11) is -3.67. The lowest BCUT2D eigenvalue weighted by atomic mass is 10.3. The molecule has 6 nitrogen and oxygen atoms in total. The lowest BCUT2D eigenvalue weighted by Crippen LogP contribution is -2.37. The third-order valence-corrected chi connectivity index (χ3v) is 5.36. The van der Waals surface area contributed by atoms with Crippen molar-refractivity contribution in [2.24, 2.45) is 0 Å². The van der Waals surface area contributed by atoms with Crippen LogP contribution < -0.4 is 11.1 Å². The number of nitrogens with zero attached hydrogens (tertiary/aromatic N) is 1. The molecule has 0 aliphatic carbocycles. The maximum Gasteiger partial charge on any atom is 0.243 e. The van der Waals surface area contributed by atoms with Gasteiger partial charge in [-0.25, -0.2) is 8.42 Å². The Kier molecular flexibility index (Phi) is 4.12. The van der Waals surface area contributed by atoms with Gasteiger partial charge in [-0.3, -0.25) is 4.79 Å². The zero-order valence-corrected chi connectivity index (χ0v) is 12.5. The molecule has 1 aromatic rings. The van der Waals surface area contributed by atoms with Crippen molar-refractivity contribution < 1.29 is 13.2 Å². The largest absolute Gasteiger partial charge is 0.398 e. The second-order valence-corrected chi connectivity index (χ2v) is 7.02. The molecule has 19 heavy (non-hydrogen) atoms. The molecule has 1 aromatic carbocycles. The van der Waals surface area contributed by atoms with Gasteiger partial charge in [0, 0.05) is 23.2 Å². The number of benzene rings is 1. The third-order valence-electron chi connectivity index (χ3n) is 2.84. The normalized spacial score (nSPS) is 17.8. The smallest absolute Gasteiger partial charge is 0.243 e. The van der Waals surface area contributed by atoms with E-state index < -0.39 is 10.0 Å². The van der Waals surface area contributed by atoms with Gasteiger partial charge in [-0.1, -0.05) is 0 Å². The average molecular weight is 348 g/mol. The Morgan fingerprint density at radius 1 is 1.37 bits per heavy atom. The number of nitrogen functional groups attached to an aromatic ring is 1. The highest BCUT2D eigenvalue weighted by atomic mass is 79.9. The van der Waals surface area contributed by atoms with E-state index in [1.54, 1.807) is 0 Å². The zero-order chi connectivity index (χ0) is 14.0. The second kappa shape index (κ2) is 5.48. The van der Waals surface area contributed by atoms with Crippen LogP contribution in [-0.2, 0) is 14.8 Å². The first-order valence-corrected chi connectivity index (χ1v) is 7.96. The molecular formula is C11H14BrN3O3S. The second-order valence-electron chi connectivity index (χ2n) is 4.23. The fourth-order valence-corrected chi connectivity index (χ4v) is 3.79. The number of rotatable bonds is 2. The van der Waals surface area contributed by atoms with E-state index >= 15 is 0 Å². The van der Waals surface area contributed by atoms with Gasteiger partial charge in [0.2, 0.25) is 15.9 Å². The van der Waals surface area contributed by atoms with Crippen LogP contribution in [0.2, 0.25) is 0 Å². The lowest BCUT2D eigenvalue weighted by Gasteiger charge is -2.19. The van der Waals surface area contributed by atoms with Crippen molar-refractivity contribution in [1.29, 1.82) is 0 Å². The van der Waals surface area contributed by atoms with Crippen LogP contribution in [0.4, 0.5) is 5.69 Å². The summed E-state index contributed by atoms with van der Waals surface area (Å²) in [5, 5.41) is 2.64. The van der Waals surface area contributed by atoms with Gasteiger partial charge < -0.3 is 11.1 Å². The molecule has 0 spiro atoms. The van der Waals surface area contributed by atoms with Gasteiger partial charge in [0.25, 0.3) is 0 Å². The number of sulfonamides is 1. The number of nitrogens with one attached hydrogen (secondary N) is 1. The van der Waals surface area contributed by atoms with E-state index in [4.69, 9.17) is 5.73 Å². The van der Waals surface area contributed by atoms with E-state index in [0.717, 1.165) is 0 Å². The van der Waals surface area contributed by atoms with Crippen molar-refractivity contribution in [2.75, 3.05) is 25.4 Å². The summed E-state index contributed by atoms with van der Waals surface area (Å²) in [5.41, 5.74) is 6.10. The van der Waals surface area contributed by atoms with Crippen LogP contribution in [0.3, 0.4) is 0 Å². The summed E-state index contributed by atoms with van der Waals surface area (Å²) in [6.07, 6.45) is 0.598. The van der Waals surface area contributed by atoms with E-state index in [-0.39, 0.29) is 17.3 Å². The SMILES string of the molecule is Nc1ccc(S(=O)(=O)N2CCCNC(=O)C2)cc1Br. The summed E-state index contributed by atoms with van der Waals surface area (Å²) in [4.78, 5) is 11.6. The molecule has 1 fully saturated rings. The molecule has 1 aliphatic heterocycles. The highest BCUT2D eigenvalue weighted by Gasteiger charge is 2.28. The van der Waals surface area contributed by atoms with Gasteiger partial charge in [0.05, 0.1) is 11.4 Å². The summed E-state index contributed by atoms with van der Waals surface area (Å²) < 4.78 is 26.6. The van der Waals surface area contributed by atoms with Crippen LogP contribution in [-0.4, -0.2) is 38.3 Å².